The van der Waals surface area contributed by atoms with Gasteiger partial charge in [0.15, 0.2) is 11.6 Å². The summed E-state index contributed by atoms with van der Waals surface area (Å²) in [5.74, 6) is -3.12. The number of primary amides is 1. The molecule has 1 aliphatic carbocycles. The molecule has 2 aromatic rings. The number of aromatic nitrogens is 1. The van der Waals surface area contributed by atoms with Crippen LogP contribution in [-0.4, -0.2) is 16.8 Å². The highest BCUT2D eigenvalue weighted by Crippen LogP contribution is 2.48. The van der Waals surface area contributed by atoms with Crippen LogP contribution in [0.4, 0.5) is 14.5 Å². The molecule has 0 spiro atoms. The first kappa shape index (κ1) is 15.1. The van der Waals surface area contributed by atoms with Crippen LogP contribution in [0.25, 0.3) is 0 Å². The number of carbonyl (C=O) groups excluding carboxylic acids is 2. The molecule has 1 saturated carbocycles. The number of amides is 2. The quantitative estimate of drug-likeness (QED) is 0.906. The smallest absolute Gasteiger partial charge is 0.267 e. The van der Waals surface area contributed by atoms with E-state index in [0.29, 0.717) is 17.7 Å². The summed E-state index contributed by atoms with van der Waals surface area (Å²) in [6.45, 7) is 0. The van der Waals surface area contributed by atoms with E-state index in [4.69, 9.17) is 5.73 Å². The lowest BCUT2D eigenvalue weighted by atomic mass is 10.1. The van der Waals surface area contributed by atoms with E-state index >= 15 is 0 Å². The van der Waals surface area contributed by atoms with E-state index in [0.717, 1.165) is 12.1 Å². The van der Waals surface area contributed by atoms with Gasteiger partial charge in [-0.3, -0.25) is 9.59 Å². The lowest BCUT2D eigenvalue weighted by Gasteiger charge is -2.05. The second-order valence-electron chi connectivity index (χ2n) is 5.41. The van der Waals surface area contributed by atoms with Gasteiger partial charge >= 0.3 is 0 Å². The predicted molar refractivity (Wildman–Crippen MR) is 78.6 cm³/mol. The number of hydrogen-bond donors (Lipinski definition) is 2. The molecule has 0 aliphatic heterocycles. The lowest BCUT2D eigenvalue weighted by Crippen LogP contribution is -2.16. The fourth-order valence-electron chi connectivity index (χ4n) is 2.44. The zero-order valence-electron chi connectivity index (χ0n) is 11.9. The molecule has 1 aromatic carbocycles. The fourth-order valence-corrected chi connectivity index (χ4v) is 2.44. The molecule has 7 heteroatoms. The van der Waals surface area contributed by atoms with Crippen LogP contribution in [0.3, 0.4) is 0 Å². The van der Waals surface area contributed by atoms with Crippen molar-refractivity contribution >= 4 is 17.5 Å². The Labute approximate surface area is 130 Å². The van der Waals surface area contributed by atoms with Gasteiger partial charge in [0.05, 0.1) is 11.9 Å². The fraction of sp³-hybridized carbons (Fsp3) is 0.188. The SMILES string of the molecule is NC(=O)c1ccc(NC(=O)C2CC2c2ccc(F)c(F)c2)cn1. The van der Waals surface area contributed by atoms with Crippen molar-refractivity contribution in [2.75, 3.05) is 5.32 Å². The van der Waals surface area contributed by atoms with Gasteiger partial charge in [-0.05, 0) is 42.2 Å². The van der Waals surface area contributed by atoms with Crippen LogP contribution in [0.2, 0.25) is 0 Å². The van der Waals surface area contributed by atoms with E-state index in [2.05, 4.69) is 10.3 Å². The van der Waals surface area contributed by atoms with Crippen LogP contribution in [0.5, 0.6) is 0 Å². The summed E-state index contributed by atoms with van der Waals surface area (Å²) in [5.41, 5.74) is 6.23. The van der Waals surface area contributed by atoms with E-state index in [1.54, 1.807) is 0 Å². The van der Waals surface area contributed by atoms with Crippen molar-refractivity contribution in [2.45, 2.75) is 12.3 Å². The molecule has 0 radical (unpaired) electrons. The third kappa shape index (κ3) is 3.18. The van der Waals surface area contributed by atoms with Crippen molar-refractivity contribution in [1.29, 1.82) is 0 Å². The molecule has 0 bridgehead atoms. The minimum atomic E-state index is -0.917. The second-order valence-corrected chi connectivity index (χ2v) is 5.41. The van der Waals surface area contributed by atoms with Gasteiger partial charge in [0.25, 0.3) is 5.91 Å². The Hall–Kier alpha value is -2.83. The summed E-state index contributed by atoms with van der Waals surface area (Å²) in [6.07, 6.45) is 1.91. The number of benzene rings is 1. The Balaban J connectivity index is 1.63. The van der Waals surface area contributed by atoms with Gasteiger partial charge in [-0.25, -0.2) is 13.8 Å². The van der Waals surface area contributed by atoms with Crippen LogP contribution in [0.1, 0.15) is 28.4 Å². The van der Waals surface area contributed by atoms with Crippen molar-refractivity contribution in [3.63, 3.8) is 0 Å². The van der Waals surface area contributed by atoms with Gasteiger partial charge in [-0.15, -0.1) is 0 Å². The van der Waals surface area contributed by atoms with Crippen LogP contribution in [0, 0.1) is 17.6 Å². The molecule has 1 fully saturated rings. The Kier molecular flexibility index (Phi) is 3.77. The number of nitrogens with zero attached hydrogens (tertiary/aromatic N) is 1. The first-order valence-electron chi connectivity index (χ1n) is 6.97. The van der Waals surface area contributed by atoms with Gasteiger partial charge < -0.3 is 11.1 Å². The molecule has 1 heterocycles. The zero-order valence-corrected chi connectivity index (χ0v) is 11.9. The normalized spacial score (nSPS) is 19.2. The maximum Gasteiger partial charge on any atom is 0.267 e. The Morgan fingerprint density at radius 2 is 1.96 bits per heavy atom. The molecular formula is C16H13F2N3O2. The van der Waals surface area contributed by atoms with Crippen LogP contribution >= 0.6 is 0 Å². The van der Waals surface area contributed by atoms with Crippen LogP contribution < -0.4 is 11.1 Å². The predicted octanol–water partition coefficient (Wildman–Crippen LogP) is 2.20. The summed E-state index contributed by atoms with van der Waals surface area (Å²) in [7, 11) is 0. The van der Waals surface area contributed by atoms with E-state index in [1.807, 2.05) is 0 Å². The molecule has 1 aromatic heterocycles. The molecule has 2 amide bonds. The van der Waals surface area contributed by atoms with Crippen LogP contribution in [-0.2, 0) is 4.79 Å². The first-order chi connectivity index (χ1) is 11.0. The Morgan fingerprint density at radius 1 is 1.17 bits per heavy atom. The minimum absolute atomic E-state index is 0.106. The van der Waals surface area contributed by atoms with Crippen molar-refractivity contribution in [1.82, 2.24) is 4.98 Å². The highest BCUT2D eigenvalue weighted by Gasteiger charge is 2.44. The number of nitrogens with two attached hydrogens (primary N) is 1. The third-order valence-electron chi connectivity index (χ3n) is 3.78. The minimum Gasteiger partial charge on any atom is -0.364 e. The maximum atomic E-state index is 13.2. The highest BCUT2D eigenvalue weighted by molar-refractivity contribution is 5.96. The summed E-state index contributed by atoms with van der Waals surface area (Å²) >= 11 is 0. The number of pyridine rings is 1. The van der Waals surface area contributed by atoms with Crippen molar-refractivity contribution in [2.24, 2.45) is 11.7 Å². The van der Waals surface area contributed by atoms with Gasteiger partial charge in [-0.1, -0.05) is 6.07 Å². The van der Waals surface area contributed by atoms with Crippen molar-refractivity contribution in [3.8, 4) is 0 Å². The summed E-state index contributed by atoms with van der Waals surface area (Å²) in [5, 5.41) is 2.67. The molecule has 2 atom stereocenters. The molecule has 0 saturated heterocycles. The number of hydrogen-bond acceptors (Lipinski definition) is 3. The van der Waals surface area contributed by atoms with Crippen molar-refractivity contribution < 1.29 is 18.4 Å². The molecule has 1 aliphatic rings. The average molecular weight is 317 g/mol. The maximum absolute atomic E-state index is 13.2. The average Bonchev–Trinajstić information content (AvgIpc) is 3.31. The Morgan fingerprint density at radius 3 is 2.57 bits per heavy atom. The number of rotatable bonds is 4. The topological polar surface area (TPSA) is 85.1 Å². The van der Waals surface area contributed by atoms with Crippen LogP contribution in [0.15, 0.2) is 36.5 Å². The number of halogens is 2. The number of carbonyl (C=O) groups is 2. The van der Waals surface area contributed by atoms with E-state index in [-0.39, 0.29) is 23.4 Å². The summed E-state index contributed by atoms with van der Waals surface area (Å²) < 4.78 is 26.1. The summed E-state index contributed by atoms with van der Waals surface area (Å²) in [6, 6.07) is 6.61. The lowest BCUT2D eigenvalue weighted by molar-refractivity contribution is -0.117. The zero-order chi connectivity index (χ0) is 16.6. The second kappa shape index (κ2) is 5.75. The van der Waals surface area contributed by atoms with Gasteiger partial charge in [0.1, 0.15) is 5.69 Å². The Bertz CT molecular complexity index is 777. The monoisotopic (exact) mass is 317 g/mol. The highest BCUT2D eigenvalue weighted by atomic mass is 19.2. The first-order valence-corrected chi connectivity index (χ1v) is 6.97. The third-order valence-corrected chi connectivity index (χ3v) is 3.78. The summed E-state index contributed by atoms with van der Waals surface area (Å²) in [4.78, 5) is 26.9. The number of anilines is 1. The van der Waals surface area contributed by atoms with Gasteiger partial charge in [0.2, 0.25) is 5.91 Å². The molecule has 118 valence electrons. The van der Waals surface area contributed by atoms with Crippen molar-refractivity contribution in [3.05, 3.63) is 59.4 Å². The molecule has 3 N–H and O–H groups in total. The van der Waals surface area contributed by atoms with E-state index in [1.165, 1.54) is 24.4 Å². The number of nitrogens with one attached hydrogen (secondary N) is 1. The van der Waals surface area contributed by atoms with Gasteiger partial charge in [0, 0.05) is 5.92 Å². The largest absolute Gasteiger partial charge is 0.364 e. The standard InChI is InChI=1S/C16H13F2N3O2/c17-12-3-1-8(5-13(12)18)10-6-11(10)16(23)21-9-2-4-14(15(19)22)20-7-9/h1-5,7,10-11H,6H2,(H2,19,22)(H,21,23). The molecule has 5 nitrogen and oxygen atoms in total. The van der Waals surface area contributed by atoms with E-state index in [9.17, 15) is 18.4 Å². The van der Waals surface area contributed by atoms with Gasteiger partial charge in [-0.2, -0.15) is 0 Å². The molecule has 23 heavy (non-hydrogen) atoms. The molecular weight excluding hydrogens is 304 g/mol. The molecule has 2 unspecified atom stereocenters. The molecule has 3 rings (SSSR count). The van der Waals surface area contributed by atoms with E-state index < -0.39 is 17.5 Å².